The van der Waals surface area contributed by atoms with Crippen LogP contribution in [0.15, 0.2) is 6.07 Å². The molecular weight excluding hydrogens is 522 g/mol. The number of aromatic hydroxyl groups is 2. The first-order valence-electron chi connectivity index (χ1n) is 13.1. The van der Waals surface area contributed by atoms with Crippen molar-refractivity contribution in [3.63, 3.8) is 0 Å². The van der Waals surface area contributed by atoms with Gasteiger partial charge < -0.3 is 39.8 Å². The number of carbonyl (C=O) groups excluding carboxylic acids is 1. The molecule has 3 aliphatic rings. The summed E-state index contributed by atoms with van der Waals surface area (Å²) in [5, 5.41) is 22.9. The number of rotatable bonds is 6. The number of aryl methyl sites for hydroxylation is 1. The Kier molecular flexibility index (Phi) is 7.53. The molecule has 2 aromatic rings. The lowest BCUT2D eigenvalue weighted by Gasteiger charge is -2.47. The van der Waals surface area contributed by atoms with Crippen LogP contribution in [0, 0.1) is 13.8 Å². The van der Waals surface area contributed by atoms with E-state index in [2.05, 4.69) is 28.5 Å². The standard InChI is InChI=1S/C28H37N3O7S/c1-13-8-15-6-7-31-18(22(30(3)4)20(15)24(33)25(13)35-5)9-16-21(19(31)10-36-28(34)17(29)11-39)27-26(37-12-38-27)14(2)23(16)32/h8,17-19,22,32-33,39H,6-7,9-12,29H2,1-5H3. The number of carbonyl (C=O) groups is 1. The van der Waals surface area contributed by atoms with Gasteiger partial charge in [0.1, 0.15) is 18.4 Å². The van der Waals surface area contributed by atoms with Crippen LogP contribution in [0.2, 0.25) is 0 Å². The summed E-state index contributed by atoms with van der Waals surface area (Å²) in [5.41, 5.74) is 10.7. The second kappa shape index (κ2) is 10.6. The van der Waals surface area contributed by atoms with Gasteiger partial charge in [0, 0.05) is 40.6 Å². The van der Waals surface area contributed by atoms with Gasteiger partial charge in [-0.15, -0.1) is 0 Å². The lowest BCUT2D eigenvalue weighted by atomic mass is 9.81. The van der Waals surface area contributed by atoms with Crippen molar-refractivity contribution in [2.45, 2.75) is 50.9 Å². The summed E-state index contributed by atoms with van der Waals surface area (Å²) >= 11 is 4.14. The number of likely N-dealkylation sites (N-methyl/N-ethyl adjacent to an activating group) is 1. The summed E-state index contributed by atoms with van der Waals surface area (Å²) in [7, 11) is 5.51. The number of hydrogen-bond donors (Lipinski definition) is 4. The van der Waals surface area contributed by atoms with E-state index in [1.807, 2.05) is 27.9 Å². The van der Waals surface area contributed by atoms with Crippen LogP contribution in [-0.4, -0.2) is 85.0 Å². The smallest absolute Gasteiger partial charge is 0.323 e. The third-order valence-electron chi connectivity index (χ3n) is 8.24. The molecule has 0 saturated carbocycles. The normalized spacial score (nSPS) is 22.5. The molecule has 10 nitrogen and oxygen atoms in total. The number of ether oxygens (including phenoxy) is 4. The zero-order chi connectivity index (χ0) is 28.2. The highest BCUT2D eigenvalue weighted by Gasteiger charge is 2.47. The van der Waals surface area contributed by atoms with E-state index in [9.17, 15) is 15.0 Å². The molecule has 3 aliphatic heterocycles. The van der Waals surface area contributed by atoms with Crippen molar-refractivity contribution >= 4 is 18.6 Å². The number of phenolic OH excluding ortho intramolecular Hbond substituents is 2. The predicted octanol–water partition coefficient (Wildman–Crippen LogP) is 2.38. The number of methoxy groups -OCH3 is 1. The second-order valence-electron chi connectivity index (χ2n) is 10.7. The Labute approximate surface area is 234 Å². The Hall–Kier alpha value is -2.86. The van der Waals surface area contributed by atoms with E-state index < -0.39 is 18.1 Å². The molecule has 4 unspecified atom stereocenters. The summed E-state index contributed by atoms with van der Waals surface area (Å²) in [4.78, 5) is 17.0. The van der Waals surface area contributed by atoms with Crippen LogP contribution < -0.4 is 19.9 Å². The molecule has 212 valence electrons. The molecule has 11 heteroatoms. The number of nitrogens with two attached hydrogens (primary N) is 1. The number of fused-ring (bicyclic) bond motifs is 5. The van der Waals surface area contributed by atoms with Crippen LogP contribution >= 0.6 is 12.6 Å². The molecule has 0 saturated heterocycles. The first-order chi connectivity index (χ1) is 18.6. The van der Waals surface area contributed by atoms with Gasteiger partial charge in [-0.3, -0.25) is 9.69 Å². The maximum Gasteiger partial charge on any atom is 0.323 e. The zero-order valence-electron chi connectivity index (χ0n) is 23.0. The minimum Gasteiger partial charge on any atom is -0.507 e. The molecule has 0 aliphatic carbocycles. The molecule has 0 bridgehead atoms. The van der Waals surface area contributed by atoms with Crippen molar-refractivity contribution in [1.82, 2.24) is 9.80 Å². The van der Waals surface area contributed by atoms with Crippen molar-refractivity contribution in [3.05, 3.63) is 39.4 Å². The van der Waals surface area contributed by atoms with E-state index in [0.29, 0.717) is 42.2 Å². The average Bonchev–Trinajstić information content (AvgIpc) is 3.33. The predicted molar refractivity (Wildman–Crippen MR) is 148 cm³/mol. The van der Waals surface area contributed by atoms with Crippen LogP contribution in [0.25, 0.3) is 0 Å². The van der Waals surface area contributed by atoms with Crippen molar-refractivity contribution < 1.29 is 34.0 Å². The molecule has 0 aromatic heterocycles. The van der Waals surface area contributed by atoms with E-state index in [1.165, 1.54) is 0 Å². The molecule has 4 atom stereocenters. The highest BCUT2D eigenvalue weighted by Crippen LogP contribution is 2.55. The largest absolute Gasteiger partial charge is 0.507 e. The Balaban J connectivity index is 1.68. The third kappa shape index (κ3) is 4.45. The topological polar surface area (TPSA) is 127 Å². The first-order valence-corrected chi connectivity index (χ1v) is 13.7. The number of hydrogen-bond acceptors (Lipinski definition) is 11. The maximum atomic E-state index is 12.6. The molecule has 5 rings (SSSR count). The fourth-order valence-corrected chi connectivity index (χ4v) is 6.63. The molecular formula is C28H37N3O7S. The molecule has 3 heterocycles. The molecule has 39 heavy (non-hydrogen) atoms. The lowest BCUT2D eigenvalue weighted by Crippen LogP contribution is -2.51. The highest BCUT2D eigenvalue weighted by molar-refractivity contribution is 7.80. The third-order valence-corrected chi connectivity index (χ3v) is 8.64. The van der Waals surface area contributed by atoms with Gasteiger partial charge in [-0.1, -0.05) is 6.07 Å². The van der Waals surface area contributed by atoms with Gasteiger partial charge >= 0.3 is 5.97 Å². The summed E-state index contributed by atoms with van der Waals surface area (Å²) < 4.78 is 23.0. The summed E-state index contributed by atoms with van der Waals surface area (Å²) in [6.45, 7) is 4.41. The Morgan fingerprint density at radius 1 is 1.23 bits per heavy atom. The molecule has 0 radical (unpaired) electrons. The van der Waals surface area contributed by atoms with E-state index in [0.717, 1.165) is 27.8 Å². The van der Waals surface area contributed by atoms with Gasteiger partial charge in [0.25, 0.3) is 0 Å². The molecule has 4 N–H and O–H groups in total. The number of phenols is 2. The van der Waals surface area contributed by atoms with E-state index in [-0.39, 0.29) is 42.7 Å². The maximum absolute atomic E-state index is 12.6. The Morgan fingerprint density at radius 2 is 1.95 bits per heavy atom. The van der Waals surface area contributed by atoms with Crippen LogP contribution in [0.3, 0.4) is 0 Å². The molecule has 2 aromatic carbocycles. The summed E-state index contributed by atoms with van der Waals surface area (Å²) in [6, 6.07) is 0.346. The van der Waals surface area contributed by atoms with Crippen LogP contribution in [0.1, 0.15) is 45.5 Å². The van der Waals surface area contributed by atoms with Crippen molar-refractivity contribution in [1.29, 1.82) is 0 Å². The van der Waals surface area contributed by atoms with Crippen LogP contribution in [0.4, 0.5) is 0 Å². The average molecular weight is 560 g/mol. The minimum absolute atomic E-state index is 0.00688. The highest BCUT2D eigenvalue weighted by atomic mass is 32.1. The van der Waals surface area contributed by atoms with Gasteiger partial charge in [0.15, 0.2) is 23.0 Å². The van der Waals surface area contributed by atoms with Crippen LogP contribution in [0.5, 0.6) is 28.7 Å². The number of thiol groups is 1. The van der Waals surface area contributed by atoms with Gasteiger partial charge in [-0.25, -0.2) is 0 Å². The fraction of sp³-hybridized carbons (Fsp3) is 0.536. The first kappa shape index (κ1) is 27.7. The lowest BCUT2D eigenvalue weighted by molar-refractivity contribution is -0.147. The molecule has 0 spiro atoms. The monoisotopic (exact) mass is 559 g/mol. The van der Waals surface area contributed by atoms with Gasteiger partial charge in [0.2, 0.25) is 6.79 Å². The summed E-state index contributed by atoms with van der Waals surface area (Å²) in [6.07, 6.45) is 1.14. The van der Waals surface area contributed by atoms with Crippen molar-refractivity contribution in [3.8, 4) is 28.7 Å². The zero-order valence-corrected chi connectivity index (χ0v) is 23.9. The Bertz CT molecular complexity index is 1300. The van der Waals surface area contributed by atoms with E-state index in [4.69, 9.17) is 24.7 Å². The number of esters is 1. The second-order valence-corrected chi connectivity index (χ2v) is 11.0. The SMILES string of the molecule is COc1c(C)cc2c(c1O)C(N(C)C)C1Cc3c(O)c(C)c4c(c3C(COC(=O)C(N)CS)N1CC2)OCO4. The van der Waals surface area contributed by atoms with E-state index in [1.54, 1.807) is 7.11 Å². The van der Waals surface area contributed by atoms with Crippen LogP contribution in [-0.2, 0) is 22.4 Å². The minimum atomic E-state index is -0.848. The van der Waals surface area contributed by atoms with Gasteiger partial charge in [-0.05, 0) is 51.9 Å². The number of nitrogens with zero attached hydrogens (tertiary/aromatic N) is 2. The summed E-state index contributed by atoms with van der Waals surface area (Å²) in [5.74, 6) is 1.43. The van der Waals surface area contributed by atoms with Gasteiger partial charge in [0.05, 0.1) is 19.2 Å². The Morgan fingerprint density at radius 3 is 2.62 bits per heavy atom. The van der Waals surface area contributed by atoms with Crippen molar-refractivity contribution in [2.75, 3.05) is 46.9 Å². The fourth-order valence-electron chi connectivity index (χ4n) is 6.48. The molecule has 0 amide bonds. The molecule has 0 fully saturated rings. The number of benzene rings is 2. The van der Waals surface area contributed by atoms with Crippen molar-refractivity contribution in [2.24, 2.45) is 5.73 Å². The van der Waals surface area contributed by atoms with Gasteiger partial charge in [-0.2, -0.15) is 12.6 Å². The van der Waals surface area contributed by atoms with E-state index >= 15 is 0 Å². The quantitative estimate of drug-likeness (QED) is 0.310.